The van der Waals surface area contributed by atoms with Crippen LogP contribution in [-0.2, 0) is 0 Å². The van der Waals surface area contributed by atoms with Crippen molar-refractivity contribution < 1.29 is 0 Å². The van der Waals surface area contributed by atoms with Gasteiger partial charge in [0.05, 0.1) is 0 Å². The largest absolute Gasteiger partial charge is 0.301 e. The molecule has 1 atom stereocenters. The van der Waals surface area contributed by atoms with Gasteiger partial charge in [-0.15, -0.1) is 0 Å². The van der Waals surface area contributed by atoms with Crippen LogP contribution in [0.5, 0.6) is 0 Å². The van der Waals surface area contributed by atoms with Gasteiger partial charge < -0.3 is 4.90 Å². The van der Waals surface area contributed by atoms with E-state index in [1.54, 1.807) is 0 Å². The van der Waals surface area contributed by atoms with Crippen LogP contribution in [-0.4, -0.2) is 24.0 Å². The molecule has 0 aromatic heterocycles. The summed E-state index contributed by atoms with van der Waals surface area (Å²) >= 11 is 0. The van der Waals surface area contributed by atoms with E-state index >= 15 is 0 Å². The number of unbranched alkanes of at least 4 members (excludes halogenated alkanes) is 16. The summed E-state index contributed by atoms with van der Waals surface area (Å²) in [5, 5.41) is 0. The highest BCUT2D eigenvalue weighted by atomic mass is 15.1. The molecule has 0 aliphatic heterocycles. The van der Waals surface area contributed by atoms with E-state index in [-0.39, 0.29) is 0 Å². The van der Waals surface area contributed by atoms with Crippen molar-refractivity contribution in [3.63, 3.8) is 0 Å². The van der Waals surface area contributed by atoms with Gasteiger partial charge in [0.2, 0.25) is 0 Å². The molecule has 28 heavy (non-hydrogen) atoms. The van der Waals surface area contributed by atoms with E-state index in [9.17, 15) is 0 Å². The summed E-state index contributed by atoms with van der Waals surface area (Å²) in [6.07, 6.45) is 28.6. The van der Waals surface area contributed by atoms with E-state index in [1.165, 1.54) is 142 Å². The van der Waals surface area contributed by atoms with Gasteiger partial charge in [0.1, 0.15) is 0 Å². The predicted octanol–water partition coefficient (Wildman–Crippen LogP) is 9.54. The van der Waals surface area contributed by atoms with Crippen molar-refractivity contribution in [3.8, 4) is 0 Å². The lowest BCUT2D eigenvalue weighted by atomic mass is 10.0. The van der Waals surface area contributed by atoms with Gasteiger partial charge in [0, 0.05) is 6.04 Å². The average molecular weight is 396 g/mol. The third-order valence-corrected chi connectivity index (χ3v) is 6.45. The summed E-state index contributed by atoms with van der Waals surface area (Å²) in [6.45, 7) is 12.1. The molecule has 0 rings (SSSR count). The van der Waals surface area contributed by atoms with Crippen molar-refractivity contribution in [2.75, 3.05) is 13.1 Å². The predicted molar refractivity (Wildman–Crippen MR) is 130 cm³/mol. The van der Waals surface area contributed by atoms with Crippen molar-refractivity contribution >= 4 is 0 Å². The molecule has 0 aromatic rings. The first-order valence-electron chi connectivity index (χ1n) is 13.5. The Kier molecular flexibility index (Phi) is 23.2. The van der Waals surface area contributed by atoms with E-state index in [0.717, 1.165) is 6.04 Å². The molecule has 0 aliphatic carbocycles. The molecule has 1 nitrogen and oxygen atoms in total. The number of hydrogen-bond acceptors (Lipinski definition) is 1. The molecule has 0 radical (unpaired) electrons. The zero-order chi connectivity index (χ0) is 20.7. The summed E-state index contributed by atoms with van der Waals surface area (Å²) in [6, 6.07) is 0.793. The molecule has 0 bridgehead atoms. The standard InChI is InChI=1S/C27H57N/c1-5-8-11-14-17-18-21-24-27(4)28(25-22-19-15-12-9-6-2)26-23-20-16-13-10-7-3/h27H,5-26H2,1-4H3. The minimum atomic E-state index is 0.793. The molecule has 0 saturated heterocycles. The summed E-state index contributed by atoms with van der Waals surface area (Å²) < 4.78 is 0. The fraction of sp³-hybridized carbons (Fsp3) is 1.00. The fourth-order valence-electron chi connectivity index (χ4n) is 4.32. The van der Waals surface area contributed by atoms with Gasteiger partial charge in [-0.3, -0.25) is 0 Å². The first-order chi connectivity index (χ1) is 13.8. The van der Waals surface area contributed by atoms with Crippen LogP contribution in [0, 0.1) is 0 Å². The molecule has 0 amide bonds. The third-order valence-electron chi connectivity index (χ3n) is 6.45. The number of rotatable bonds is 23. The zero-order valence-corrected chi connectivity index (χ0v) is 20.6. The molecule has 0 saturated carbocycles. The Morgan fingerprint density at radius 3 is 1.14 bits per heavy atom. The SMILES string of the molecule is CCCCCCCCCC(C)N(CCCCCCCC)CCCCCCCC. The van der Waals surface area contributed by atoms with Crippen LogP contribution >= 0.6 is 0 Å². The maximum absolute atomic E-state index is 2.84. The van der Waals surface area contributed by atoms with Crippen LogP contribution in [0.15, 0.2) is 0 Å². The first-order valence-corrected chi connectivity index (χ1v) is 13.5. The average Bonchev–Trinajstić information content (AvgIpc) is 2.70. The van der Waals surface area contributed by atoms with Crippen LogP contribution in [0.3, 0.4) is 0 Å². The molecular formula is C27H57N. The van der Waals surface area contributed by atoms with Crippen molar-refractivity contribution in [3.05, 3.63) is 0 Å². The minimum absolute atomic E-state index is 0.793. The van der Waals surface area contributed by atoms with Crippen LogP contribution < -0.4 is 0 Å². The van der Waals surface area contributed by atoms with Gasteiger partial charge in [-0.2, -0.15) is 0 Å². The smallest absolute Gasteiger partial charge is 0.00669 e. The quantitative estimate of drug-likeness (QED) is 0.156. The molecule has 0 aliphatic rings. The minimum Gasteiger partial charge on any atom is -0.301 e. The highest BCUT2D eigenvalue weighted by Gasteiger charge is 2.13. The van der Waals surface area contributed by atoms with Crippen LogP contribution in [0.2, 0.25) is 0 Å². The maximum Gasteiger partial charge on any atom is 0.00669 e. The Morgan fingerprint density at radius 2 is 0.750 bits per heavy atom. The molecule has 0 fully saturated rings. The van der Waals surface area contributed by atoms with Crippen molar-refractivity contribution in [2.24, 2.45) is 0 Å². The molecule has 0 heterocycles. The first kappa shape index (κ1) is 28.0. The highest BCUT2D eigenvalue weighted by molar-refractivity contribution is 4.68. The summed E-state index contributed by atoms with van der Waals surface area (Å²) in [5.74, 6) is 0. The lowest BCUT2D eigenvalue weighted by Crippen LogP contribution is -2.35. The van der Waals surface area contributed by atoms with E-state index in [0.29, 0.717) is 0 Å². The van der Waals surface area contributed by atoms with E-state index < -0.39 is 0 Å². The van der Waals surface area contributed by atoms with Gasteiger partial charge >= 0.3 is 0 Å². The van der Waals surface area contributed by atoms with Gasteiger partial charge in [-0.05, 0) is 39.3 Å². The molecule has 1 unspecified atom stereocenters. The zero-order valence-electron chi connectivity index (χ0n) is 20.6. The second kappa shape index (κ2) is 23.2. The Labute approximate surface area is 180 Å². The second-order valence-electron chi connectivity index (χ2n) is 9.33. The molecule has 0 spiro atoms. The topological polar surface area (TPSA) is 3.24 Å². The van der Waals surface area contributed by atoms with Gasteiger partial charge in [-0.25, -0.2) is 0 Å². The van der Waals surface area contributed by atoms with E-state index in [2.05, 4.69) is 32.6 Å². The molecule has 0 aromatic carbocycles. The lowest BCUT2D eigenvalue weighted by molar-refractivity contribution is 0.187. The Balaban J connectivity index is 3.99. The van der Waals surface area contributed by atoms with Crippen molar-refractivity contribution in [1.29, 1.82) is 0 Å². The van der Waals surface area contributed by atoms with Crippen LogP contribution in [0.1, 0.15) is 156 Å². The summed E-state index contributed by atoms with van der Waals surface area (Å²) in [7, 11) is 0. The van der Waals surface area contributed by atoms with Crippen LogP contribution in [0.4, 0.5) is 0 Å². The second-order valence-corrected chi connectivity index (χ2v) is 9.33. The Hall–Kier alpha value is -0.0400. The van der Waals surface area contributed by atoms with E-state index in [1.807, 2.05) is 0 Å². The van der Waals surface area contributed by atoms with Crippen molar-refractivity contribution in [1.82, 2.24) is 4.90 Å². The summed E-state index contributed by atoms with van der Waals surface area (Å²) in [5.41, 5.74) is 0. The van der Waals surface area contributed by atoms with Crippen molar-refractivity contribution in [2.45, 2.75) is 162 Å². The maximum atomic E-state index is 2.84. The molecule has 1 heteroatoms. The highest BCUT2D eigenvalue weighted by Crippen LogP contribution is 2.16. The normalized spacial score (nSPS) is 12.8. The number of hydrogen-bond donors (Lipinski definition) is 0. The van der Waals surface area contributed by atoms with Crippen LogP contribution in [0.25, 0.3) is 0 Å². The Morgan fingerprint density at radius 1 is 0.429 bits per heavy atom. The number of nitrogens with zero attached hydrogens (tertiary/aromatic N) is 1. The van der Waals surface area contributed by atoms with Gasteiger partial charge in [0.15, 0.2) is 0 Å². The molecule has 0 N–H and O–H groups in total. The molecule has 170 valence electrons. The van der Waals surface area contributed by atoms with Gasteiger partial charge in [0.25, 0.3) is 0 Å². The lowest BCUT2D eigenvalue weighted by Gasteiger charge is -2.29. The monoisotopic (exact) mass is 395 g/mol. The fourth-order valence-corrected chi connectivity index (χ4v) is 4.32. The van der Waals surface area contributed by atoms with Gasteiger partial charge in [-0.1, -0.05) is 130 Å². The third kappa shape index (κ3) is 19.3. The Bertz CT molecular complexity index is 259. The summed E-state index contributed by atoms with van der Waals surface area (Å²) in [4.78, 5) is 2.84. The van der Waals surface area contributed by atoms with E-state index in [4.69, 9.17) is 0 Å². The molecular weight excluding hydrogens is 338 g/mol.